The summed E-state index contributed by atoms with van der Waals surface area (Å²) in [6.45, 7) is 0.731. The molecule has 25 heavy (non-hydrogen) atoms. The second-order valence-electron chi connectivity index (χ2n) is 7.13. The van der Waals surface area contributed by atoms with E-state index < -0.39 is 0 Å². The Morgan fingerprint density at radius 1 is 1.36 bits per heavy atom. The van der Waals surface area contributed by atoms with Crippen molar-refractivity contribution in [3.63, 3.8) is 0 Å². The van der Waals surface area contributed by atoms with Gasteiger partial charge in [-0.05, 0) is 66.5 Å². The third-order valence-electron chi connectivity index (χ3n) is 5.55. The third kappa shape index (κ3) is 3.39. The molecule has 4 heteroatoms. The number of hydrogen-bond acceptors (Lipinski definition) is 3. The Hall–Kier alpha value is -2.36. The first-order chi connectivity index (χ1) is 12.3. The van der Waals surface area contributed by atoms with Crippen LogP contribution in [0.1, 0.15) is 47.8 Å². The summed E-state index contributed by atoms with van der Waals surface area (Å²) in [5.74, 6) is 1.98. The third-order valence-corrected chi connectivity index (χ3v) is 5.55. The van der Waals surface area contributed by atoms with Gasteiger partial charge in [0.15, 0.2) is 0 Å². The van der Waals surface area contributed by atoms with Crippen LogP contribution >= 0.6 is 0 Å². The molecule has 4 rings (SSSR count). The van der Waals surface area contributed by atoms with E-state index in [0.29, 0.717) is 11.8 Å². The van der Waals surface area contributed by atoms with Crippen molar-refractivity contribution >= 4 is 5.91 Å². The van der Waals surface area contributed by atoms with Gasteiger partial charge in [-0.15, -0.1) is 0 Å². The van der Waals surface area contributed by atoms with Crippen molar-refractivity contribution in [3.05, 3.63) is 59.4 Å². The summed E-state index contributed by atoms with van der Waals surface area (Å²) < 4.78 is 5.33. The van der Waals surface area contributed by atoms with Crippen LogP contribution in [-0.2, 0) is 11.2 Å². The summed E-state index contributed by atoms with van der Waals surface area (Å²) >= 11 is 0. The van der Waals surface area contributed by atoms with Crippen LogP contribution in [0.4, 0.5) is 0 Å². The number of ether oxygens (including phenoxy) is 1. The van der Waals surface area contributed by atoms with Crippen LogP contribution in [-0.4, -0.2) is 24.5 Å². The van der Waals surface area contributed by atoms with Crippen molar-refractivity contribution in [2.75, 3.05) is 13.7 Å². The topological polar surface area (TPSA) is 51.2 Å². The maximum atomic E-state index is 12.5. The number of pyridine rings is 1. The van der Waals surface area contributed by atoms with Gasteiger partial charge in [-0.3, -0.25) is 9.78 Å². The predicted molar refractivity (Wildman–Crippen MR) is 96.8 cm³/mol. The van der Waals surface area contributed by atoms with Gasteiger partial charge in [0, 0.05) is 30.8 Å². The number of carbonyl (C=O) groups excluding carboxylic acids is 1. The molecule has 0 bridgehead atoms. The zero-order chi connectivity index (χ0) is 17.2. The molecular weight excluding hydrogens is 312 g/mol. The first kappa shape index (κ1) is 16.1. The van der Waals surface area contributed by atoms with Crippen LogP contribution in [0.3, 0.4) is 0 Å². The maximum Gasteiger partial charge on any atom is 0.223 e. The summed E-state index contributed by atoms with van der Waals surface area (Å²) in [6, 6.07) is 10.3. The van der Waals surface area contributed by atoms with Crippen molar-refractivity contribution in [2.45, 2.75) is 37.5 Å². The SMILES string of the molecule is COc1ccc2c(c1)CCC[C@@H]2CNC(=O)[C@H]1C[C@@H]1c1cccnc1. The summed E-state index contributed by atoms with van der Waals surface area (Å²) in [6.07, 6.45) is 8.00. The first-order valence-corrected chi connectivity index (χ1v) is 9.10. The Bertz CT molecular complexity index is 760. The minimum absolute atomic E-state index is 0.114. The van der Waals surface area contributed by atoms with Crippen LogP contribution in [0.5, 0.6) is 5.75 Å². The van der Waals surface area contributed by atoms with Gasteiger partial charge < -0.3 is 10.1 Å². The zero-order valence-corrected chi connectivity index (χ0v) is 14.6. The summed E-state index contributed by atoms with van der Waals surface area (Å²) in [7, 11) is 1.70. The molecule has 1 aromatic heterocycles. The molecule has 1 amide bonds. The van der Waals surface area contributed by atoms with Gasteiger partial charge in [0.1, 0.15) is 5.75 Å². The number of amides is 1. The van der Waals surface area contributed by atoms with Gasteiger partial charge >= 0.3 is 0 Å². The molecule has 1 heterocycles. The number of rotatable bonds is 5. The molecule has 2 aliphatic carbocycles. The molecule has 4 nitrogen and oxygen atoms in total. The Balaban J connectivity index is 1.36. The number of aryl methyl sites for hydroxylation is 1. The molecule has 2 aromatic rings. The van der Waals surface area contributed by atoms with E-state index in [4.69, 9.17) is 4.74 Å². The molecular formula is C21H24N2O2. The predicted octanol–water partition coefficient (Wildman–Crippen LogP) is 3.43. The molecule has 0 aliphatic heterocycles. The zero-order valence-electron chi connectivity index (χ0n) is 14.6. The van der Waals surface area contributed by atoms with E-state index in [-0.39, 0.29) is 11.8 Å². The molecule has 2 aliphatic rings. The van der Waals surface area contributed by atoms with Crippen molar-refractivity contribution in [2.24, 2.45) is 5.92 Å². The summed E-state index contributed by atoms with van der Waals surface area (Å²) in [5.41, 5.74) is 3.91. The van der Waals surface area contributed by atoms with Crippen molar-refractivity contribution in [1.29, 1.82) is 0 Å². The molecule has 1 saturated carbocycles. The Morgan fingerprint density at radius 3 is 3.08 bits per heavy atom. The fourth-order valence-electron chi connectivity index (χ4n) is 4.03. The van der Waals surface area contributed by atoms with Crippen LogP contribution in [0.2, 0.25) is 0 Å². The summed E-state index contributed by atoms with van der Waals surface area (Å²) in [4.78, 5) is 16.6. The fourth-order valence-corrected chi connectivity index (χ4v) is 4.03. The minimum Gasteiger partial charge on any atom is -0.497 e. The Labute approximate surface area is 148 Å². The largest absolute Gasteiger partial charge is 0.497 e. The van der Waals surface area contributed by atoms with E-state index in [1.165, 1.54) is 23.1 Å². The lowest BCUT2D eigenvalue weighted by Crippen LogP contribution is -2.31. The number of fused-ring (bicyclic) bond motifs is 1. The van der Waals surface area contributed by atoms with Crippen LogP contribution in [0.15, 0.2) is 42.7 Å². The molecule has 1 fully saturated rings. The average molecular weight is 336 g/mol. The molecule has 1 aromatic carbocycles. The van der Waals surface area contributed by atoms with Crippen LogP contribution in [0.25, 0.3) is 0 Å². The Morgan fingerprint density at radius 2 is 2.28 bits per heavy atom. The van der Waals surface area contributed by atoms with Crippen LogP contribution in [0, 0.1) is 5.92 Å². The second kappa shape index (κ2) is 6.87. The first-order valence-electron chi connectivity index (χ1n) is 9.10. The standard InChI is InChI=1S/C21H24N2O2/c1-25-17-7-8-18-14(10-17)4-2-5-16(18)13-23-21(24)20-11-19(20)15-6-3-9-22-12-15/h3,6-10,12,16,19-20H,2,4-5,11,13H2,1H3,(H,23,24)/t16-,19-,20+/m1/s1. The highest BCUT2D eigenvalue weighted by atomic mass is 16.5. The van der Waals surface area contributed by atoms with Crippen molar-refractivity contribution in [3.8, 4) is 5.75 Å². The van der Waals surface area contributed by atoms with Gasteiger partial charge in [0.25, 0.3) is 0 Å². The molecule has 3 atom stereocenters. The highest BCUT2D eigenvalue weighted by Gasteiger charge is 2.44. The van der Waals surface area contributed by atoms with Gasteiger partial charge in [0.05, 0.1) is 7.11 Å². The smallest absolute Gasteiger partial charge is 0.223 e. The number of nitrogens with one attached hydrogen (secondary N) is 1. The van der Waals surface area contributed by atoms with Gasteiger partial charge in [-0.2, -0.15) is 0 Å². The lowest BCUT2D eigenvalue weighted by Gasteiger charge is -2.26. The van der Waals surface area contributed by atoms with Gasteiger partial charge in [-0.25, -0.2) is 0 Å². The van der Waals surface area contributed by atoms with E-state index in [0.717, 1.165) is 31.6 Å². The van der Waals surface area contributed by atoms with E-state index in [9.17, 15) is 4.79 Å². The number of carbonyl (C=O) groups is 1. The maximum absolute atomic E-state index is 12.5. The van der Waals surface area contributed by atoms with Crippen LogP contribution < -0.4 is 10.1 Å². The number of aromatic nitrogens is 1. The minimum atomic E-state index is 0.114. The second-order valence-corrected chi connectivity index (χ2v) is 7.13. The van der Waals surface area contributed by atoms with Crippen molar-refractivity contribution in [1.82, 2.24) is 10.3 Å². The van der Waals surface area contributed by atoms with Gasteiger partial charge in [-0.1, -0.05) is 12.1 Å². The number of benzene rings is 1. The lowest BCUT2D eigenvalue weighted by molar-refractivity contribution is -0.122. The molecule has 1 N–H and O–H groups in total. The normalized spacial score (nSPS) is 24.3. The quantitative estimate of drug-likeness (QED) is 0.910. The van der Waals surface area contributed by atoms with E-state index in [1.54, 1.807) is 13.3 Å². The molecule has 0 radical (unpaired) electrons. The average Bonchev–Trinajstić information content (AvgIpc) is 3.47. The number of nitrogens with zero attached hydrogens (tertiary/aromatic N) is 1. The number of methoxy groups -OCH3 is 1. The van der Waals surface area contributed by atoms with E-state index in [2.05, 4.69) is 28.5 Å². The monoisotopic (exact) mass is 336 g/mol. The molecule has 0 saturated heterocycles. The molecule has 0 unspecified atom stereocenters. The van der Waals surface area contributed by atoms with E-state index in [1.807, 2.05) is 18.3 Å². The highest BCUT2D eigenvalue weighted by Crippen LogP contribution is 2.47. The van der Waals surface area contributed by atoms with Gasteiger partial charge in [0.2, 0.25) is 5.91 Å². The molecule has 130 valence electrons. The lowest BCUT2D eigenvalue weighted by atomic mass is 9.82. The fraction of sp³-hybridized carbons (Fsp3) is 0.429. The molecule has 0 spiro atoms. The number of hydrogen-bond donors (Lipinski definition) is 1. The highest BCUT2D eigenvalue weighted by molar-refractivity contribution is 5.82. The van der Waals surface area contributed by atoms with Crippen molar-refractivity contribution < 1.29 is 9.53 Å². The van der Waals surface area contributed by atoms with E-state index >= 15 is 0 Å². The summed E-state index contributed by atoms with van der Waals surface area (Å²) in [5, 5.41) is 3.19. The Kier molecular flexibility index (Phi) is 4.43.